The van der Waals surface area contributed by atoms with Crippen molar-refractivity contribution >= 4 is 35.1 Å². The number of pyridine rings is 1. The van der Waals surface area contributed by atoms with E-state index in [1.54, 1.807) is 6.20 Å². The summed E-state index contributed by atoms with van der Waals surface area (Å²) in [6.07, 6.45) is 12.3. The number of hydrogen-bond donors (Lipinski definition) is 1. The van der Waals surface area contributed by atoms with E-state index in [9.17, 15) is 0 Å². The summed E-state index contributed by atoms with van der Waals surface area (Å²) >= 11 is 6.26. The van der Waals surface area contributed by atoms with E-state index in [0.29, 0.717) is 5.92 Å². The predicted molar refractivity (Wildman–Crippen MR) is 160 cm³/mol. The molecule has 0 saturated carbocycles. The van der Waals surface area contributed by atoms with Crippen LogP contribution in [-0.4, -0.2) is 45.1 Å². The van der Waals surface area contributed by atoms with E-state index >= 15 is 0 Å². The Morgan fingerprint density at radius 1 is 1.05 bits per heavy atom. The fraction of sp³-hybridized carbons (Fsp3) is 0.344. The van der Waals surface area contributed by atoms with E-state index in [1.807, 2.05) is 30.5 Å². The summed E-state index contributed by atoms with van der Waals surface area (Å²) in [5.41, 5.74) is 4.91. The molecule has 0 atom stereocenters. The van der Waals surface area contributed by atoms with Crippen LogP contribution in [0, 0.1) is 5.92 Å². The Hall–Kier alpha value is -3.48. The van der Waals surface area contributed by atoms with Crippen LogP contribution in [0.4, 0.5) is 11.4 Å². The van der Waals surface area contributed by atoms with Crippen molar-refractivity contribution < 1.29 is 0 Å². The summed E-state index contributed by atoms with van der Waals surface area (Å²) in [5, 5.41) is 7.40. The second-order valence-electron chi connectivity index (χ2n) is 11.0. The second kappa shape index (κ2) is 11.3. The molecule has 1 saturated heterocycles. The number of rotatable bonds is 6. The maximum Gasteiger partial charge on any atom is 0.0900 e. The van der Waals surface area contributed by atoms with Gasteiger partial charge in [-0.05, 0) is 80.1 Å². The largest absolute Gasteiger partial charge is 0.352 e. The van der Waals surface area contributed by atoms with Crippen molar-refractivity contribution in [2.75, 3.05) is 25.0 Å². The number of anilines is 2. The zero-order chi connectivity index (χ0) is 26.8. The summed E-state index contributed by atoms with van der Waals surface area (Å²) in [4.78, 5) is 17.3. The number of nitrogens with one attached hydrogen (secondary N) is 1. The molecule has 1 aromatic carbocycles. The Morgan fingerprint density at radius 2 is 1.85 bits per heavy atom. The average molecular weight is 539 g/mol. The zero-order valence-electron chi connectivity index (χ0n) is 22.6. The molecule has 1 N–H and O–H groups in total. The normalized spacial score (nSPS) is 16.7. The van der Waals surface area contributed by atoms with Gasteiger partial charge in [0.2, 0.25) is 0 Å². The molecule has 4 aliphatic rings. The average Bonchev–Trinajstić information content (AvgIpc) is 2.94. The molecule has 2 aliphatic carbocycles. The third-order valence-electron chi connectivity index (χ3n) is 7.45. The topological polar surface area (TPSA) is 58.3 Å². The summed E-state index contributed by atoms with van der Waals surface area (Å²) in [6.45, 7) is 7.92. The standard InChI is InChI=1S/C32H35ClN6/c1-22(2)21-38-16-13-24(14-17-38)35-29-19-32-30(18-28(29)36-25-6-5-15-34-20-25)37-27-7-3-4-8-31(27)39(32)26-11-9-23(33)10-12-26/h5-12,15,18-20,22,24,36H,3-4,13-14,16-17,21H2,1-2H3. The van der Waals surface area contributed by atoms with Crippen molar-refractivity contribution in [1.29, 1.82) is 0 Å². The minimum absolute atomic E-state index is 0.287. The number of likely N-dealkylation sites (tertiary alicyclic amines) is 1. The minimum atomic E-state index is 0.287. The molecule has 3 heterocycles. The Balaban J connectivity index is 1.51. The number of piperidine rings is 1. The molecule has 1 fully saturated rings. The molecule has 0 amide bonds. The van der Waals surface area contributed by atoms with Crippen molar-refractivity contribution in [2.24, 2.45) is 10.9 Å². The Bertz CT molecular complexity index is 1600. The maximum atomic E-state index is 6.26. The lowest BCUT2D eigenvalue weighted by Gasteiger charge is -2.31. The fourth-order valence-electron chi connectivity index (χ4n) is 5.66. The first kappa shape index (κ1) is 25.8. The Kier molecular flexibility index (Phi) is 7.49. The highest BCUT2D eigenvalue weighted by atomic mass is 35.5. The predicted octanol–water partition coefficient (Wildman–Crippen LogP) is 5.15. The van der Waals surface area contributed by atoms with Gasteiger partial charge in [-0.25, -0.2) is 4.98 Å². The first-order valence-electron chi connectivity index (χ1n) is 14.0. The number of fused-ring (bicyclic) bond motifs is 2. The molecule has 6 nitrogen and oxygen atoms in total. The molecule has 2 aliphatic heterocycles. The van der Waals surface area contributed by atoms with Gasteiger partial charge >= 0.3 is 0 Å². The van der Waals surface area contributed by atoms with Gasteiger partial charge < -0.3 is 14.8 Å². The highest BCUT2D eigenvalue weighted by Gasteiger charge is 2.21. The summed E-state index contributed by atoms with van der Waals surface area (Å²) in [5.74, 6) is 0.685. The molecule has 2 aromatic rings. The zero-order valence-corrected chi connectivity index (χ0v) is 23.4. The highest BCUT2D eigenvalue weighted by Crippen LogP contribution is 2.25. The van der Waals surface area contributed by atoms with Gasteiger partial charge in [-0.15, -0.1) is 0 Å². The van der Waals surface area contributed by atoms with Crippen molar-refractivity contribution in [2.45, 2.75) is 45.6 Å². The molecule has 6 rings (SSSR count). The van der Waals surface area contributed by atoms with Gasteiger partial charge in [0.05, 0.1) is 51.1 Å². The summed E-state index contributed by atoms with van der Waals surface area (Å²) < 4.78 is 2.31. The van der Waals surface area contributed by atoms with Gasteiger partial charge in [-0.2, -0.15) is 0 Å². The quantitative estimate of drug-likeness (QED) is 0.369. The van der Waals surface area contributed by atoms with Crippen molar-refractivity contribution in [3.8, 4) is 17.1 Å². The molecule has 39 heavy (non-hydrogen) atoms. The van der Waals surface area contributed by atoms with Gasteiger partial charge in [-0.1, -0.05) is 37.6 Å². The smallest absolute Gasteiger partial charge is 0.0900 e. The monoisotopic (exact) mass is 538 g/mol. The van der Waals surface area contributed by atoms with E-state index < -0.39 is 0 Å². The fourth-order valence-corrected chi connectivity index (χ4v) is 5.79. The van der Waals surface area contributed by atoms with Crippen molar-refractivity contribution in [3.63, 3.8) is 0 Å². The molecule has 7 heteroatoms. The number of nitrogens with zero attached hydrogens (tertiary/aromatic N) is 5. The Morgan fingerprint density at radius 3 is 2.59 bits per heavy atom. The van der Waals surface area contributed by atoms with Gasteiger partial charge in [0, 0.05) is 36.5 Å². The molecule has 0 unspecified atom stereocenters. The van der Waals surface area contributed by atoms with E-state index in [-0.39, 0.29) is 6.04 Å². The molecule has 1 aromatic heterocycles. The van der Waals surface area contributed by atoms with Gasteiger partial charge in [0.1, 0.15) is 0 Å². The number of aromatic nitrogens is 3. The van der Waals surface area contributed by atoms with Gasteiger partial charge in [-0.3, -0.25) is 9.98 Å². The van der Waals surface area contributed by atoms with Crippen LogP contribution in [0.2, 0.25) is 5.02 Å². The molecular formula is C32H35ClN6. The molecule has 0 radical (unpaired) electrons. The number of halogens is 1. The van der Waals surface area contributed by atoms with Crippen molar-refractivity contribution in [1.82, 2.24) is 19.4 Å². The van der Waals surface area contributed by atoms with Crippen LogP contribution in [0.3, 0.4) is 0 Å². The third-order valence-corrected chi connectivity index (χ3v) is 7.70. The van der Waals surface area contributed by atoms with Crippen LogP contribution >= 0.6 is 11.6 Å². The van der Waals surface area contributed by atoms with Gasteiger partial charge in [0.15, 0.2) is 0 Å². The Labute approximate surface area is 234 Å². The summed E-state index contributed by atoms with van der Waals surface area (Å²) in [7, 11) is 0. The van der Waals surface area contributed by atoms with Crippen LogP contribution in [0.25, 0.3) is 29.2 Å². The van der Waals surface area contributed by atoms with Crippen LogP contribution in [0.15, 0.2) is 65.9 Å². The van der Waals surface area contributed by atoms with Gasteiger partial charge in [0.25, 0.3) is 0 Å². The lowest BCUT2D eigenvalue weighted by atomic mass is 10.0. The second-order valence-corrected chi connectivity index (χ2v) is 11.4. The van der Waals surface area contributed by atoms with E-state index in [4.69, 9.17) is 21.6 Å². The SMILES string of the molecule is CC(C)CN1CCC(N=c2cc3n(-c4ccc(Cl)cc4)c4c(nc-3cc2Nc2cccnc2)=CCCC=4)CC1. The molecular weight excluding hydrogens is 504 g/mol. The van der Waals surface area contributed by atoms with E-state index in [1.165, 1.54) is 0 Å². The number of hydrogen-bond acceptors (Lipinski definition) is 5. The first-order chi connectivity index (χ1) is 19.0. The lowest BCUT2D eigenvalue weighted by molar-refractivity contribution is 0.192. The van der Waals surface area contributed by atoms with Crippen LogP contribution in [-0.2, 0) is 0 Å². The van der Waals surface area contributed by atoms with Crippen molar-refractivity contribution in [3.05, 3.63) is 82.0 Å². The van der Waals surface area contributed by atoms with Crippen LogP contribution in [0.1, 0.15) is 39.5 Å². The van der Waals surface area contributed by atoms with E-state index in [2.05, 4.69) is 70.0 Å². The molecule has 0 bridgehead atoms. The van der Waals surface area contributed by atoms with Crippen LogP contribution in [0.5, 0.6) is 0 Å². The summed E-state index contributed by atoms with van der Waals surface area (Å²) in [6, 6.07) is 16.7. The minimum Gasteiger partial charge on any atom is -0.352 e. The highest BCUT2D eigenvalue weighted by molar-refractivity contribution is 6.30. The molecule has 200 valence electrons. The maximum absolute atomic E-state index is 6.26. The first-order valence-corrected chi connectivity index (χ1v) is 14.4. The number of benzene rings is 2. The third kappa shape index (κ3) is 5.77. The molecule has 0 spiro atoms. The lowest BCUT2D eigenvalue weighted by Crippen LogP contribution is -2.40. The van der Waals surface area contributed by atoms with E-state index in [0.717, 1.165) is 94.8 Å². The van der Waals surface area contributed by atoms with Crippen LogP contribution < -0.4 is 21.4 Å².